The number of urea groups is 1. The van der Waals surface area contributed by atoms with Crippen molar-refractivity contribution in [2.45, 2.75) is 32.5 Å². The van der Waals surface area contributed by atoms with Crippen molar-refractivity contribution in [3.05, 3.63) is 0 Å². The van der Waals surface area contributed by atoms with Crippen LogP contribution >= 0.6 is 0 Å². The monoisotopic (exact) mass is 300 g/mol. The van der Waals surface area contributed by atoms with E-state index in [4.69, 9.17) is 5.11 Å². The summed E-state index contributed by atoms with van der Waals surface area (Å²) in [6, 6.07) is -1.79. The number of carboxylic acids is 1. The molecule has 6 nitrogen and oxygen atoms in total. The summed E-state index contributed by atoms with van der Waals surface area (Å²) >= 11 is 0. The number of carboxylic acid groups (broad SMARTS) is 1. The fraction of sp³-hybridized carbons (Fsp3) is 0.818. The van der Waals surface area contributed by atoms with Crippen LogP contribution in [0.15, 0.2) is 0 Å². The lowest BCUT2D eigenvalue weighted by Crippen LogP contribution is -2.47. The minimum atomic E-state index is -4.41. The lowest BCUT2D eigenvalue weighted by atomic mass is 10.0. The Morgan fingerprint density at radius 3 is 2.35 bits per heavy atom. The molecule has 0 unspecified atom stereocenters. The van der Waals surface area contributed by atoms with E-state index in [0.29, 0.717) is 0 Å². The Hall–Kier alpha value is -1.51. The fourth-order valence-corrected chi connectivity index (χ4v) is 1.33. The number of amides is 2. The number of alkyl halides is 3. The van der Waals surface area contributed by atoms with Crippen LogP contribution in [-0.4, -0.2) is 49.1 Å². The third kappa shape index (κ3) is 10.4. The van der Waals surface area contributed by atoms with Crippen molar-refractivity contribution < 1.29 is 32.6 Å². The summed E-state index contributed by atoms with van der Waals surface area (Å²) in [7, 11) is 0. The van der Waals surface area contributed by atoms with Gasteiger partial charge in [-0.2, -0.15) is 13.2 Å². The lowest BCUT2D eigenvalue weighted by molar-refractivity contribution is -0.173. The van der Waals surface area contributed by atoms with Crippen molar-refractivity contribution in [3.63, 3.8) is 0 Å². The van der Waals surface area contributed by atoms with Gasteiger partial charge in [-0.25, -0.2) is 9.59 Å². The molecule has 0 radical (unpaired) electrons. The van der Waals surface area contributed by atoms with E-state index in [2.05, 4.69) is 15.4 Å². The molecule has 0 aromatic carbocycles. The second-order valence-corrected chi connectivity index (χ2v) is 4.59. The lowest BCUT2D eigenvalue weighted by Gasteiger charge is -2.17. The minimum absolute atomic E-state index is 0.0755. The van der Waals surface area contributed by atoms with Crippen molar-refractivity contribution in [3.8, 4) is 0 Å². The number of carbonyl (C=O) groups excluding carboxylic acids is 1. The number of rotatable bonds is 8. The Labute approximate surface area is 114 Å². The Bertz CT molecular complexity index is 321. The maximum atomic E-state index is 11.7. The average molecular weight is 300 g/mol. The second kappa shape index (κ2) is 8.62. The highest BCUT2D eigenvalue weighted by atomic mass is 19.4. The zero-order valence-corrected chi connectivity index (χ0v) is 11.3. The van der Waals surface area contributed by atoms with E-state index in [0.717, 1.165) is 0 Å². The number of nitrogens with one attached hydrogen (secondary N) is 2. The molecule has 0 bridgehead atoms. The van der Waals surface area contributed by atoms with Gasteiger partial charge in [0.25, 0.3) is 0 Å². The first-order valence-corrected chi connectivity index (χ1v) is 6.03. The van der Waals surface area contributed by atoms with Gasteiger partial charge in [0.15, 0.2) is 0 Å². The molecule has 0 aliphatic heterocycles. The fourth-order valence-electron chi connectivity index (χ4n) is 1.33. The zero-order chi connectivity index (χ0) is 15.8. The molecule has 20 heavy (non-hydrogen) atoms. The maximum absolute atomic E-state index is 11.7. The summed E-state index contributed by atoms with van der Waals surface area (Å²) in [6.07, 6.45) is -4.15. The van der Waals surface area contributed by atoms with Crippen molar-refractivity contribution in [2.75, 3.05) is 19.8 Å². The SMILES string of the molecule is CC(C)C[C@@H](NC(=O)NCCOCC(F)(F)F)C(=O)O. The summed E-state index contributed by atoms with van der Waals surface area (Å²) < 4.78 is 39.5. The summed E-state index contributed by atoms with van der Waals surface area (Å²) in [5.41, 5.74) is 0. The molecule has 118 valence electrons. The molecule has 0 rings (SSSR count). The van der Waals surface area contributed by atoms with Crippen LogP contribution in [0.2, 0.25) is 0 Å². The summed E-state index contributed by atoms with van der Waals surface area (Å²) in [5.74, 6) is -1.09. The van der Waals surface area contributed by atoms with Gasteiger partial charge in [-0.1, -0.05) is 13.8 Å². The zero-order valence-electron chi connectivity index (χ0n) is 11.3. The smallest absolute Gasteiger partial charge is 0.411 e. The molecule has 0 aliphatic carbocycles. The maximum Gasteiger partial charge on any atom is 0.411 e. The highest BCUT2D eigenvalue weighted by Crippen LogP contribution is 2.13. The Morgan fingerprint density at radius 1 is 1.30 bits per heavy atom. The number of carbonyl (C=O) groups is 2. The van der Waals surface area contributed by atoms with Crippen molar-refractivity contribution in [2.24, 2.45) is 5.92 Å². The first-order valence-electron chi connectivity index (χ1n) is 6.03. The first-order chi connectivity index (χ1) is 9.11. The molecule has 0 spiro atoms. The van der Waals surface area contributed by atoms with Crippen LogP contribution < -0.4 is 10.6 Å². The number of ether oxygens (including phenoxy) is 1. The molecule has 0 fully saturated rings. The molecular weight excluding hydrogens is 281 g/mol. The van der Waals surface area contributed by atoms with E-state index in [1.54, 1.807) is 13.8 Å². The molecule has 3 N–H and O–H groups in total. The van der Waals surface area contributed by atoms with Crippen LogP contribution in [0.3, 0.4) is 0 Å². The van der Waals surface area contributed by atoms with E-state index in [9.17, 15) is 22.8 Å². The van der Waals surface area contributed by atoms with Crippen molar-refractivity contribution >= 4 is 12.0 Å². The van der Waals surface area contributed by atoms with Gasteiger partial charge in [-0.05, 0) is 12.3 Å². The van der Waals surface area contributed by atoms with Crippen molar-refractivity contribution in [1.29, 1.82) is 0 Å². The van der Waals surface area contributed by atoms with Crippen LogP contribution in [0.4, 0.5) is 18.0 Å². The molecule has 0 aromatic rings. The Morgan fingerprint density at radius 2 is 1.90 bits per heavy atom. The van der Waals surface area contributed by atoms with Gasteiger partial charge in [0.1, 0.15) is 12.6 Å². The van der Waals surface area contributed by atoms with Gasteiger partial charge in [0.05, 0.1) is 6.61 Å². The van der Waals surface area contributed by atoms with E-state index in [1.807, 2.05) is 0 Å². The standard InChI is InChI=1S/C11H19F3N2O4/c1-7(2)5-8(9(17)18)16-10(19)15-3-4-20-6-11(12,13)14/h7-8H,3-6H2,1-2H3,(H,17,18)(H2,15,16,19)/t8-/m1/s1. The summed E-state index contributed by atoms with van der Waals surface area (Å²) in [6.45, 7) is 1.77. The van der Waals surface area contributed by atoms with Crippen LogP contribution in [0, 0.1) is 5.92 Å². The van der Waals surface area contributed by atoms with E-state index < -0.39 is 30.8 Å². The second-order valence-electron chi connectivity index (χ2n) is 4.59. The van der Waals surface area contributed by atoms with Crippen LogP contribution in [0.1, 0.15) is 20.3 Å². The number of hydrogen-bond acceptors (Lipinski definition) is 3. The van der Waals surface area contributed by atoms with E-state index in [1.165, 1.54) is 0 Å². The van der Waals surface area contributed by atoms with Gasteiger partial charge >= 0.3 is 18.2 Å². The number of halogens is 3. The molecule has 0 aromatic heterocycles. The van der Waals surface area contributed by atoms with Crippen LogP contribution in [0.25, 0.3) is 0 Å². The summed E-state index contributed by atoms with van der Waals surface area (Å²) in [4.78, 5) is 22.2. The molecule has 0 saturated carbocycles. The van der Waals surface area contributed by atoms with Crippen LogP contribution in [0.5, 0.6) is 0 Å². The van der Waals surface area contributed by atoms with Gasteiger partial charge in [0, 0.05) is 6.54 Å². The Kier molecular flexibility index (Phi) is 7.97. The normalized spacial score (nSPS) is 13.1. The molecule has 1 atom stereocenters. The third-order valence-corrected chi connectivity index (χ3v) is 2.11. The topological polar surface area (TPSA) is 87.7 Å². The molecule has 0 saturated heterocycles. The Balaban J connectivity index is 3.88. The minimum Gasteiger partial charge on any atom is -0.480 e. The van der Waals surface area contributed by atoms with Crippen molar-refractivity contribution in [1.82, 2.24) is 10.6 Å². The summed E-state index contributed by atoms with van der Waals surface area (Å²) in [5, 5.41) is 13.3. The van der Waals surface area contributed by atoms with Crippen LogP contribution in [-0.2, 0) is 9.53 Å². The number of aliphatic carboxylic acids is 1. The molecular formula is C11H19F3N2O4. The molecule has 0 heterocycles. The van der Waals surface area contributed by atoms with E-state index in [-0.39, 0.29) is 25.5 Å². The van der Waals surface area contributed by atoms with Gasteiger partial charge in [-0.3, -0.25) is 0 Å². The third-order valence-electron chi connectivity index (χ3n) is 2.11. The number of hydrogen-bond donors (Lipinski definition) is 3. The molecule has 0 aliphatic rings. The average Bonchev–Trinajstić information content (AvgIpc) is 2.25. The molecule has 9 heteroatoms. The van der Waals surface area contributed by atoms with Gasteiger partial charge in [0.2, 0.25) is 0 Å². The van der Waals surface area contributed by atoms with E-state index >= 15 is 0 Å². The largest absolute Gasteiger partial charge is 0.480 e. The highest BCUT2D eigenvalue weighted by molar-refractivity contribution is 5.82. The molecule has 2 amide bonds. The van der Waals surface area contributed by atoms with Gasteiger partial charge < -0.3 is 20.5 Å². The highest BCUT2D eigenvalue weighted by Gasteiger charge is 2.27. The predicted molar refractivity (Wildman–Crippen MR) is 64.3 cm³/mol. The van der Waals surface area contributed by atoms with Gasteiger partial charge in [-0.15, -0.1) is 0 Å². The predicted octanol–water partition coefficient (Wildman–Crippen LogP) is 1.36. The first kappa shape index (κ1) is 18.5. The quantitative estimate of drug-likeness (QED) is 0.591.